The van der Waals surface area contributed by atoms with Crippen molar-refractivity contribution >= 4 is 11.5 Å². The summed E-state index contributed by atoms with van der Waals surface area (Å²) in [7, 11) is 0. The molecular weight excluding hydrogens is 174 g/mol. The lowest BCUT2D eigenvalue weighted by atomic mass is 10.2. The molecule has 76 valence electrons. The fraction of sp³-hybridized carbons (Fsp3) is 0.364. The van der Waals surface area contributed by atoms with Gasteiger partial charge in [-0.2, -0.15) is 0 Å². The minimum atomic E-state index is 0.558. The Labute approximate surface area is 84.6 Å². The Hall–Kier alpha value is -1.51. The first-order chi connectivity index (χ1) is 6.68. The quantitative estimate of drug-likeness (QED) is 0.695. The van der Waals surface area contributed by atoms with Gasteiger partial charge in [0.2, 0.25) is 5.95 Å². The van der Waals surface area contributed by atoms with E-state index >= 15 is 0 Å². The van der Waals surface area contributed by atoms with Crippen LogP contribution in [0.4, 0.5) is 5.95 Å². The largest absolute Gasteiger partial charge is 0.369 e. The number of rotatable bonds is 0. The second-order valence-corrected chi connectivity index (χ2v) is 3.01. The van der Waals surface area contributed by atoms with Gasteiger partial charge in [0.05, 0.1) is 11.2 Å². The average molecular weight is 191 g/mol. The summed E-state index contributed by atoms with van der Waals surface area (Å²) >= 11 is 0. The lowest BCUT2D eigenvalue weighted by Crippen LogP contribution is -1.93. The first-order valence-electron chi connectivity index (χ1n) is 4.89. The molecule has 3 heteroatoms. The molecule has 0 saturated heterocycles. The molecule has 0 spiro atoms. The van der Waals surface area contributed by atoms with Gasteiger partial charge in [-0.05, 0) is 31.5 Å². The predicted molar refractivity (Wildman–Crippen MR) is 60.4 cm³/mol. The van der Waals surface area contributed by atoms with Crippen LogP contribution in [0.25, 0.3) is 5.52 Å². The van der Waals surface area contributed by atoms with E-state index in [2.05, 4.69) is 18.0 Å². The molecule has 0 amide bonds. The normalized spacial score (nSPS) is 9.71. The maximum Gasteiger partial charge on any atom is 0.205 e. The van der Waals surface area contributed by atoms with E-state index in [0.717, 1.165) is 11.2 Å². The van der Waals surface area contributed by atoms with Crippen molar-refractivity contribution in [3.8, 4) is 0 Å². The summed E-state index contributed by atoms with van der Waals surface area (Å²) in [5.41, 5.74) is 8.98. The molecule has 0 aliphatic carbocycles. The Bertz CT molecular complexity index is 429. The van der Waals surface area contributed by atoms with Crippen molar-refractivity contribution in [1.29, 1.82) is 0 Å². The fourth-order valence-corrected chi connectivity index (χ4v) is 1.37. The number of nitrogens with zero attached hydrogens (tertiary/aromatic N) is 2. The number of pyridine rings is 1. The van der Waals surface area contributed by atoms with Gasteiger partial charge in [0.25, 0.3) is 0 Å². The molecule has 0 atom stereocenters. The summed E-state index contributed by atoms with van der Waals surface area (Å²) in [6, 6.07) is 4.10. The number of hydrogen-bond donors (Lipinski definition) is 1. The average Bonchev–Trinajstić information content (AvgIpc) is 2.46. The second kappa shape index (κ2) is 4.13. The monoisotopic (exact) mass is 191 g/mol. The number of aryl methyl sites for hydroxylation is 2. The van der Waals surface area contributed by atoms with Crippen molar-refractivity contribution in [3.05, 3.63) is 29.6 Å². The van der Waals surface area contributed by atoms with Crippen LogP contribution >= 0.6 is 0 Å². The summed E-state index contributed by atoms with van der Waals surface area (Å²) in [6.45, 7) is 8.02. The fourth-order valence-electron chi connectivity index (χ4n) is 1.37. The molecule has 0 bridgehead atoms. The molecule has 2 aromatic rings. The number of nitrogens with two attached hydrogens (primary N) is 1. The highest BCUT2D eigenvalue weighted by Gasteiger charge is 2.03. The predicted octanol–water partition coefficient (Wildman–Crippen LogP) is 2.56. The second-order valence-electron chi connectivity index (χ2n) is 3.01. The van der Waals surface area contributed by atoms with Crippen molar-refractivity contribution in [2.45, 2.75) is 27.7 Å². The molecule has 14 heavy (non-hydrogen) atoms. The highest BCUT2D eigenvalue weighted by molar-refractivity contribution is 5.57. The highest BCUT2D eigenvalue weighted by Crippen LogP contribution is 2.14. The standard InChI is InChI=1S/C9H11N3.C2H6/c1-6-3-4-12-8(5-6)7(2)11-9(12)10;1-2/h3-5H,1-2H3,(H2,10,11);1-2H3. The van der Waals surface area contributed by atoms with Crippen LogP contribution < -0.4 is 5.73 Å². The van der Waals surface area contributed by atoms with E-state index in [0.29, 0.717) is 5.95 Å². The van der Waals surface area contributed by atoms with Gasteiger partial charge in [-0.1, -0.05) is 13.8 Å². The van der Waals surface area contributed by atoms with Gasteiger partial charge in [0, 0.05) is 6.20 Å². The smallest absolute Gasteiger partial charge is 0.205 e. The Balaban J connectivity index is 0.000000461. The number of aromatic nitrogens is 2. The summed E-state index contributed by atoms with van der Waals surface area (Å²) in [4.78, 5) is 4.17. The molecule has 2 heterocycles. The zero-order chi connectivity index (χ0) is 10.7. The molecule has 3 nitrogen and oxygen atoms in total. The van der Waals surface area contributed by atoms with Gasteiger partial charge >= 0.3 is 0 Å². The van der Waals surface area contributed by atoms with Crippen molar-refractivity contribution < 1.29 is 0 Å². The molecule has 0 unspecified atom stereocenters. The van der Waals surface area contributed by atoms with Crippen LogP contribution in [0.1, 0.15) is 25.1 Å². The van der Waals surface area contributed by atoms with Crippen LogP contribution in [0.3, 0.4) is 0 Å². The Kier molecular flexibility index (Phi) is 3.12. The van der Waals surface area contributed by atoms with E-state index in [-0.39, 0.29) is 0 Å². The van der Waals surface area contributed by atoms with Gasteiger partial charge in [0.1, 0.15) is 0 Å². The van der Waals surface area contributed by atoms with Gasteiger partial charge in [-0.3, -0.25) is 4.40 Å². The Morgan fingerprint density at radius 3 is 2.57 bits per heavy atom. The minimum Gasteiger partial charge on any atom is -0.369 e. The van der Waals surface area contributed by atoms with Crippen LogP contribution in [-0.4, -0.2) is 9.38 Å². The highest BCUT2D eigenvalue weighted by atomic mass is 15.1. The van der Waals surface area contributed by atoms with Gasteiger partial charge < -0.3 is 5.73 Å². The third-order valence-corrected chi connectivity index (χ3v) is 2.01. The van der Waals surface area contributed by atoms with E-state index in [1.165, 1.54) is 5.56 Å². The minimum absolute atomic E-state index is 0.558. The van der Waals surface area contributed by atoms with Gasteiger partial charge in [-0.15, -0.1) is 0 Å². The van der Waals surface area contributed by atoms with Crippen LogP contribution in [0, 0.1) is 13.8 Å². The number of hydrogen-bond acceptors (Lipinski definition) is 2. The summed E-state index contributed by atoms with van der Waals surface area (Å²) < 4.78 is 1.89. The van der Waals surface area contributed by atoms with Crippen LogP contribution in [0.15, 0.2) is 18.3 Å². The Morgan fingerprint density at radius 2 is 1.93 bits per heavy atom. The molecule has 0 saturated carbocycles. The van der Waals surface area contributed by atoms with Crippen molar-refractivity contribution in [1.82, 2.24) is 9.38 Å². The van der Waals surface area contributed by atoms with Crippen molar-refractivity contribution in [3.63, 3.8) is 0 Å². The van der Waals surface area contributed by atoms with E-state index in [1.807, 2.05) is 37.4 Å². The zero-order valence-corrected chi connectivity index (χ0v) is 9.20. The number of imidazole rings is 1. The van der Waals surface area contributed by atoms with Crippen LogP contribution in [0.2, 0.25) is 0 Å². The maximum absolute atomic E-state index is 5.68. The third-order valence-electron chi connectivity index (χ3n) is 2.01. The van der Waals surface area contributed by atoms with Crippen molar-refractivity contribution in [2.75, 3.05) is 5.73 Å². The zero-order valence-electron chi connectivity index (χ0n) is 9.20. The lowest BCUT2D eigenvalue weighted by Gasteiger charge is -1.96. The van der Waals surface area contributed by atoms with Crippen LogP contribution in [0.5, 0.6) is 0 Å². The molecule has 2 aromatic heterocycles. The SMILES string of the molecule is CC.Cc1ccn2c(N)nc(C)c2c1. The van der Waals surface area contributed by atoms with E-state index in [9.17, 15) is 0 Å². The van der Waals surface area contributed by atoms with Gasteiger partial charge in [0.15, 0.2) is 0 Å². The van der Waals surface area contributed by atoms with Gasteiger partial charge in [-0.25, -0.2) is 4.98 Å². The number of nitrogen functional groups attached to an aromatic ring is 1. The number of fused-ring (bicyclic) bond motifs is 1. The first-order valence-corrected chi connectivity index (χ1v) is 4.89. The molecular formula is C11H17N3. The molecule has 0 radical (unpaired) electrons. The number of anilines is 1. The van der Waals surface area contributed by atoms with Crippen LogP contribution in [-0.2, 0) is 0 Å². The molecule has 0 fully saturated rings. The molecule has 2 rings (SSSR count). The molecule has 2 N–H and O–H groups in total. The summed E-state index contributed by atoms with van der Waals surface area (Å²) in [5, 5.41) is 0. The molecule has 0 aromatic carbocycles. The maximum atomic E-state index is 5.68. The van der Waals surface area contributed by atoms with Crippen molar-refractivity contribution in [2.24, 2.45) is 0 Å². The lowest BCUT2D eigenvalue weighted by molar-refractivity contribution is 1.16. The van der Waals surface area contributed by atoms with E-state index < -0.39 is 0 Å². The third kappa shape index (κ3) is 1.71. The Morgan fingerprint density at radius 1 is 1.29 bits per heavy atom. The molecule has 0 aliphatic rings. The van der Waals surface area contributed by atoms with E-state index in [1.54, 1.807) is 0 Å². The first kappa shape index (κ1) is 10.6. The summed E-state index contributed by atoms with van der Waals surface area (Å²) in [5.74, 6) is 0.558. The van der Waals surface area contributed by atoms with E-state index in [4.69, 9.17) is 5.73 Å². The summed E-state index contributed by atoms with van der Waals surface area (Å²) in [6.07, 6.45) is 1.94. The molecule has 0 aliphatic heterocycles. The topological polar surface area (TPSA) is 43.3 Å².